The number of thiophene rings is 1. The first-order valence-corrected chi connectivity index (χ1v) is 7.80. The molecule has 0 amide bonds. The first kappa shape index (κ1) is 13.5. The zero-order valence-electron chi connectivity index (χ0n) is 11.9. The second kappa shape index (κ2) is 5.50. The number of nitrogens with zero attached hydrogens (tertiary/aromatic N) is 2. The van der Waals surface area contributed by atoms with E-state index in [1.165, 1.54) is 9.75 Å². The van der Waals surface area contributed by atoms with Gasteiger partial charge >= 0.3 is 0 Å². The summed E-state index contributed by atoms with van der Waals surface area (Å²) in [4.78, 5) is 24.5. The van der Waals surface area contributed by atoms with Gasteiger partial charge in [-0.15, -0.1) is 11.3 Å². The summed E-state index contributed by atoms with van der Waals surface area (Å²) in [6.45, 7) is 6.86. The van der Waals surface area contributed by atoms with Gasteiger partial charge in [0.15, 0.2) is 0 Å². The van der Waals surface area contributed by atoms with Crippen molar-refractivity contribution >= 4 is 11.3 Å². The molecule has 1 aliphatic rings. The molecule has 0 saturated heterocycles. The number of fused-ring (bicyclic) bond motifs is 1. The van der Waals surface area contributed by atoms with Crippen molar-refractivity contribution in [2.45, 2.75) is 33.2 Å². The molecule has 3 rings (SSSR count). The van der Waals surface area contributed by atoms with E-state index in [4.69, 9.17) is 0 Å². The summed E-state index contributed by atoms with van der Waals surface area (Å²) >= 11 is 1.85. The summed E-state index contributed by atoms with van der Waals surface area (Å²) in [5.41, 5.74) is 1.90. The Morgan fingerprint density at radius 3 is 2.85 bits per heavy atom. The fourth-order valence-corrected chi connectivity index (χ4v) is 3.66. The van der Waals surface area contributed by atoms with E-state index >= 15 is 0 Å². The Kier molecular flexibility index (Phi) is 3.72. The molecule has 3 heterocycles. The average molecular weight is 289 g/mol. The molecule has 2 aromatic heterocycles. The number of H-pyrrole nitrogens is 1. The topological polar surface area (TPSA) is 49.0 Å². The van der Waals surface area contributed by atoms with Crippen molar-refractivity contribution in [1.29, 1.82) is 0 Å². The van der Waals surface area contributed by atoms with Crippen LogP contribution in [0.5, 0.6) is 0 Å². The van der Waals surface area contributed by atoms with Gasteiger partial charge in [0, 0.05) is 41.4 Å². The van der Waals surface area contributed by atoms with Gasteiger partial charge in [0.2, 0.25) is 0 Å². The monoisotopic (exact) mass is 289 g/mol. The van der Waals surface area contributed by atoms with E-state index in [1.807, 2.05) is 18.3 Å². The summed E-state index contributed by atoms with van der Waals surface area (Å²) in [5.74, 6) is 0.719. The Hall–Kier alpha value is -1.46. The molecule has 0 radical (unpaired) electrons. The van der Waals surface area contributed by atoms with Crippen molar-refractivity contribution in [3.8, 4) is 0 Å². The van der Waals surface area contributed by atoms with E-state index < -0.39 is 0 Å². The smallest absolute Gasteiger partial charge is 0.254 e. The van der Waals surface area contributed by atoms with Gasteiger partial charge in [-0.25, -0.2) is 4.98 Å². The van der Waals surface area contributed by atoms with Crippen LogP contribution in [0.25, 0.3) is 0 Å². The van der Waals surface area contributed by atoms with Crippen LogP contribution in [0.4, 0.5) is 0 Å². The highest BCUT2D eigenvalue weighted by molar-refractivity contribution is 7.11. The molecule has 0 saturated carbocycles. The zero-order chi connectivity index (χ0) is 14.1. The second-order valence-corrected chi connectivity index (χ2v) is 6.74. The van der Waals surface area contributed by atoms with Crippen molar-refractivity contribution in [2.75, 3.05) is 13.1 Å². The molecular formula is C15H19N3OS. The summed E-state index contributed by atoms with van der Waals surface area (Å²) < 4.78 is 0. The number of hydrogen-bond donors (Lipinski definition) is 1. The van der Waals surface area contributed by atoms with Crippen LogP contribution < -0.4 is 5.56 Å². The molecule has 0 atom stereocenters. The van der Waals surface area contributed by atoms with Crippen LogP contribution in [-0.2, 0) is 19.4 Å². The van der Waals surface area contributed by atoms with Crippen molar-refractivity contribution < 1.29 is 0 Å². The third kappa shape index (κ3) is 2.83. The van der Waals surface area contributed by atoms with Crippen LogP contribution in [0.15, 0.2) is 16.9 Å². The molecule has 106 valence electrons. The maximum Gasteiger partial charge on any atom is 0.254 e. The molecule has 0 fully saturated rings. The Balaban J connectivity index is 1.75. The summed E-state index contributed by atoms with van der Waals surface area (Å²) in [5, 5.41) is 0. The Labute approximate surface area is 122 Å². The van der Waals surface area contributed by atoms with Crippen molar-refractivity contribution in [3.63, 3.8) is 0 Å². The van der Waals surface area contributed by atoms with Gasteiger partial charge in [0.1, 0.15) is 5.82 Å². The van der Waals surface area contributed by atoms with Crippen LogP contribution >= 0.6 is 11.3 Å². The molecule has 2 aromatic rings. The predicted molar refractivity (Wildman–Crippen MR) is 81.3 cm³/mol. The van der Waals surface area contributed by atoms with E-state index in [-0.39, 0.29) is 5.56 Å². The van der Waals surface area contributed by atoms with E-state index in [9.17, 15) is 4.79 Å². The lowest BCUT2D eigenvalue weighted by atomic mass is 10.1. The molecule has 0 aliphatic carbocycles. The number of rotatable bonds is 2. The lowest BCUT2D eigenvalue weighted by Crippen LogP contribution is -2.25. The highest BCUT2D eigenvalue weighted by atomic mass is 32.1. The van der Waals surface area contributed by atoms with E-state index in [1.54, 1.807) is 0 Å². The van der Waals surface area contributed by atoms with Gasteiger partial charge in [0.25, 0.3) is 5.56 Å². The van der Waals surface area contributed by atoms with Gasteiger partial charge in [0.05, 0.1) is 5.69 Å². The Morgan fingerprint density at radius 2 is 2.10 bits per heavy atom. The van der Waals surface area contributed by atoms with E-state index in [2.05, 4.69) is 33.9 Å². The van der Waals surface area contributed by atoms with Gasteiger partial charge in [-0.05, 0) is 32.4 Å². The zero-order valence-corrected chi connectivity index (χ0v) is 12.7. The lowest BCUT2D eigenvalue weighted by molar-refractivity contribution is 0.281. The fraction of sp³-hybridized carbons (Fsp3) is 0.467. The van der Waals surface area contributed by atoms with Crippen molar-refractivity contribution in [1.82, 2.24) is 14.9 Å². The van der Waals surface area contributed by atoms with Gasteiger partial charge in [-0.1, -0.05) is 0 Å². The van der Waals surface area contributed by atoms with Gasteiger partial charge < -0.3 is 4.98 Å². The number of aromatic nitrogens is 2. The van der Waals surface area contributed by atoms with Crippen molar-refractivity contribution in [3.05, 3.63) is 49.3 Å². The van der Waals surface area contributed by atoms with Crippen LogP contribution in [0, 0.1) is 13.8 Å². The summed E-state index contributed by atoms with van der Waals surface area (Å²) in [6.07, 6.45) is 1.66. The number of nitrogens with one attached hydrogen (secondary N) is 1. The fourth-order valence-electron chi connectivity index (χ4n) is 2.73. The average Bonchev–Trinajstić information content (AvgIpc) is 2.67. The van der Waals surface area contributed by atoms with Crippen LogP contribution in [0.1, 0.15) is 26.8 Å². The van der Waals surface area contributed by atoms with Crippen molar-refractivity contribution in [2.24, 2.45) is 0 Å². The third-order valence-electron chi connectivity index (χ3n) is 3.74. The normalized spacial score (nSPS) is 15.9. The number of hydrogen-bond acceptors (Lipinski definition) is 4. The molecule has 0 spiro atoms. The van der Waals surface area contributed by atoms with Gasteiger partial charge in [-0.3, -0.25) is 9.69 Å². The SMILES string of the molecule is Cc1nc2c(c(=O)[nH]1)CCN(Cc1ccc(C)s1)CC2. The van der Waals surface area contributed by atoms with Crippen LogP contribution in [0.2, 0.25) is 0 Å². The largest absolute Gasteiger partial charge is 0.311 e. The molecule has 0 unspecified atom stereocenters. The number of aromatic amines is 1. The summed E-state index contributed by atoms with van der Waals surface area (Å²) in [6, 6.07) is 4.37. The summed E-state index contributed by atoms with van der Waals surface area (Å²) in [7, 11) is 0. The Morgan fingerprint density at radius 1 is 1.30 bits per heavy atom. The molecule has 1 N–H and O–H groups in total. The highest BCUT2D eigenvalue weighted by Crippen LogP contribution is 2.19. The van der Waals surface area contributed by atoms with E-state index in [0.717, 1.165) is 49.6 Å². The first-order chi connectivity index (χ1) is 9.61. The quantitative estimate of drug-likeness (QED) is 0.920. The predicted octanol–water partition coefficient (Wildman–Crippen LogP) is 2.05. The lowest BCUT2D eigenvalue weighted by Gasteiger charge is -2.18. The molecule has 1 aliphatic heterocycles. The molecule has 0 aromatic carbocycles. The minimum absolute atomic E-state index is 0.0429. The molecule has 4 nitrogen and oxygen atoms in total. The first-order valence-electron chi connectivity index (χ1n) is 6.98. The molecule has 5 heteroatoms. The van der Waals surface area contributed by atoms with Crippen LogP contribution in [-0.4, -0.2) is 28.0 Å². The maximum atomic E-state index is 12.0. The van der Waals surface area contributed by atoms with E-state index in [0.29, 0.717) is 0 Å². The highest BCUT2D eigenvalue weighted by Gasteiger charge is 2.18. The van der Waals surface area contributed by atoms with Gasteiger partial charge in [-0.2, -0.15) is 0 Å². The second-order valence-electron chi connectivity index (χ2n) is 5.37. The maximum absolute atomic E-state index is 12.0. The minimum Gasteiger partial charge on any atom is -0.311 e. The molecular weight excluding hydrogens is 270 g/mol. The van der Waals surface area contributed by atoms with Crippen LogP contribution in [0.3, 0.4) is 0 Å². The standard InChI is InChI=1S/C15H19N3OS/c1-10-3-4-12(20-10)9-18-7-5-13-14(6-8-18)16-11(2)17-15(13)19/h3-4H,5-9H2,1-2H3,(H,16,17,19). The minimum atomic E-state index is 0.0429. The third-order valence-corrected chi connectivity index (χ3v) is 4.72. The Bertz CT molecular complexity index is 674. The molecule has 0 bridgehead atoms. The molecule has 20 heavy (non-hydrogen) atoms. The number of aryl methyl sites for hydroxylation is 2.